The topological polar surface area (TPSA) is 79.3 Å². The summed E-state index contributed by atoms with van der Waals surface area (Å²) in [5.74, 6) is 0.251. The Morgan fingerprint density at radius 1 is 1.38 bits per heavy atom. The molecular formula is C14H23N5O2. The Morgan fingerprint density at radius 3 is 2.67 bits per heavy atom. The van der Waals surface area contributed by atoms with Crippen molar-refractivity contribution in [2.24, 2.45) is 7.05 Å². The maximum atomic E-state index is 12.1. The van der Waals surface area contributed by atoms with E-state index in [-0.39, 0.29) is 18.4 Å². The summed E-state index contributed by atoms with van der Waals surface area (Å²) in [7, 11) is 1.84. The van der Waals surface area contributed by atoms with Gasteiger partial charge in [-0.2, -0.15) is 5.10 Å². The lowest BCUT2D eigenvalue weighted by Gasteiger charge is -2.41. The van der Waals surface area contributed by atoms with Gasteiger partial charge in [-0.3, -0.25) is 19.6 Å². The molecule has 0 aromatic carbocycles. The summed E-state index contributed by atoms with van der Waals surface area (Å²) in [6.45, 7) is 9.26. The molecule has 0 radical (unpaired) electrons. The average molecular weight is 293 g/mol. The molecule has 116 valence electrons. The van der Waals surface area contributed by atoms with Crippen molar-refractivity contribution in [3.8, 4) is 0 Å². The van der Waals surface area contributed by atoms with Crippen molar-refractivity contribution in [2.45, 2.75) is 39.8 Å². The zero-order chi connectivity index (χ0) is 15.8. The molecule has 1 aromatic rings. The minimum atomic E-state index is -0.797. The van der Waals surface area contributed by atoms with Gasteiger partial charge in [-0.25, -0.2) is 0 Å². The molecule has 1 saturated heterocycles. The number of carbonyl (C=O) groups excluding carboxylic acids is 2. The van der Waals surface area contributed by atoms with Gasteiger partial charge in [-0.15, -0.1) is 0 Å². The number of nitrogens with one attached hydrogen (secondary N) is 2. The third-order valence-corrected chi connectivity index (χ3v) is 3.91. The lowest BCUT2D eigenvalue weighted by atomic mass is 9.98. The molecular weight excluding hydrogens is 270 g/mol. The van der Waals surface area contributed by atoms with Gasteiger partial charge in [-0.05, 0) is 27.3 Å². The second-order valence-electron chi connectivity index (χ2n) is 5.81. The average Bonchev–Trinajstić information content (AvgIpc) is 2.66. The maximum Gasteiger partial charge on any atom is 0.251 e. The van der Waals surface area contributed by atoms with Crippen LogP contribution in [0.25, 0.3) is 0 Å². The number of rotatable bonds is 4. The van der Waals surface area contributed by atoms with E-state index >= 15 is 0 Å². The molecule has 0 bridgehead atoms. The van der Waals surface area contributed by atoms with Gasteiger partial charge in [0, 0.05) is 19.2 Å². The first-order valence-corrected chi connectivity index (χ1v) is 7.14. The van der Waals surface area contributed by atoms with Crippen LogP contribution < -0.4 is 15.5 Å². The smallest absolute Gasteiger partial charge is 0.251 e. The summed E-state index contributed by atoms with van der Waals surface area (Å²) in [5.41, 5.74) is 1.13. The quantitative estimate of drug-likeness (QED) is 0.769. The van der Waals surface area contributed by atoms with Crippen LogP contribution in [0.4, 0.5) is 5.82 Å². The fraction of sp³-hybridized carbons (Fsp3) is 0.643. The molecule has 7 nitrogen and oxygen atoms in total. The lowest BCUT2D eigenvalue weighted by molar-refractivity contribution is -0.135. The number of aryl methyl sites for hydroxylation is 2. The van der Waals surface area contributed by atoms with Gasteiger partial charge in [0.2, 0.25) is 5.91 Å². The molecule has 0 aliphatic carbocycles. The van der Waals surface area contributed by atoms with E-state index < -0.39 is 5.54 Å². The Kier molecular flexibility index (Phi) is 4.04. The first-order chi connectivity index (χ1) is 9.78. The van der Waals surface area contributed by atoms with Crippen molar-refractivity contribution in [3.05, 3.63) is 11.3 Å². The minimum absolute atomic E-state index is 0.150. The Bertz CT molecular complexity index is 576. The Morgan fingerprint density at radius 2 is 2.05 bits per heavy atom. The third kappa shape index (κ3) is 2.65. The minimum Gasteiger partial charge on any atom is -0.333 e. The number of piperazine rings is 1. The number of hydrogen-bond donors (Lipinski definition) is 2. The highest BCUT2D eigenvalue weighted by molar-refractivity contribution is 6.06. The van der Waals surface area contributed by atoms with Gasteiger partial charge >= 0.3 is 0 Å². The first-order valence-electron chi connectivity index (χ1n) is 7.14. The third-order valence-electron chi connectivity index (χ3n) is 3.91. The molecule has 2 heterocycles. The summed E-state index contributed by atoms with van der Waals surface area (Å²) in [6.07, 6.45) is 0. The predicted molar refractivity (Wildman–Crippen MR) is 79.9 cm³/mol. The number of amides is 2. The van der Waals surface area contributed by atoms with Gasteiger partial charge < -0.3 is 10.2 Å². The molecule has 0 unspecified atom stereocenters. The fourth-order valence-electron chi connectivity index (χ4n) is 2.61. The number of aromatic nitrogens is 2. The molecule has 2 rings (SSSR count). The number of nitrogens with zero attached hydrogens (tertiary/aromatic N) is 3. The predicted octanol–water partition coefficient (Wildman–Crippen LogP) is 0.0794. The standard InChI is InChI=1S/C14H23N5O2/c1-6-15-7-10-9(2)17-18(5)12(10)19-8-11(20)16-13(21)14(19,3)4/h15H,6-8H2,1-5H3,(H,16,20,21). The molecule has 2 N–H and O–H groups in total. The van der Waals surface area contributed by atoms with Crippen LogP contribution >= 0.6 is 0 Å². The SMILES string of the molecule is CCNCc1c(C)nn(C)c1N1CC(=O)NC(=O)C1(C)C. The van der Waals surface area contributed by atoms with Gasteiger partial charge in [-0.1, -0.05) is 6.92 Å². The normalized spacial score (nSPS) is 18.0. The van der Waals surface area contributed by atoms with E-state index in [2.05, 4.69) is 15.7 Å². The zero-order valence-corrected chi connectivity index (χ0v) is 13.3. The first kappa shape index (κ1) is 15.5. The van der Waals surface area contributed by atoms with Crippen LogP contribution in [0.3, 0.4) is 0 Å². The number of hydrogen-bond acceptors (Lipinski definition) is 5. The molecule has 1 aliphatic rings. The van der Waals surface area contributed by atoms with Crippen LogP contribution in [0, 0.1) is 6.92 Å². The van der Waals surface area contributed by atoms with E-state index in [0.29, 0.717) is 6.54 Å². The van der Waals surface area contributed by atoms with Crippen LogP contribution in [0.2, 0.25) is 0 Å². The summed E-state index contributed by atoms with van der Waals surface area (Å²) < 4.78 is 1.75. The fourth-order valence-corrected chi connectivity index (χ4v) is 2.61. The monoisotopic (exact) mass is 293 g/mol. The van der Waals surface area contributed by atoms with E-state index in [1.807, 2.05) is 39.6 Å². The number of anilines is 1. The van der Waals surface area contributed by atoms with E-state index in [1.165, 1.54) is 0 Å². The van der Waals surface area contributed by atoms with Gasteiger partial charge in [0.1, 0.15) is 11.4 Å². The largest absolute Gasteiger partial charge is 0.333 e. The van der Waals surface area contributed by atoms with Gasteiger partial charge in [0.15, 0.2) is 0 Å². The second-order valence-corrected chi connectivity index (χ2v) is 5.81. The van der Waals surface area contributed by atoms with Crippen LogP contribution in [-0.4, -0.2) is 40.2 Å². The van der Waals surface area contributed by atoms with Gasteiger partial charge in [0.25, 0.3) is 5.91 Å². The Labute approximate surface area is 124 Å². The molecule has 1 aromatic heterocycles. The van der Waals surface area contributed by atoms with Crippen LogP contribution in [-0.2, 0) is 23.2 Å². The maximum absolute atomic E-state index is 12.1. The Hall–Kier alpha value is -1.89. The summed E-state index contributed by atoms with van der Waals surface area (Å²) >= 11 is 0. The summed E-state index contributed by atoms with van der Waals surface area (Å²) in [4.78, 5) is 25.7. The van der Waals surface area contributed by atoms with E-state index in [4.69, 9.17) is 0 Å². The molecule has 2 amide bonds. The molecule has 7 heteroatoms. The van der Waals surface area contributed by atoms with Crippen LogP contribution in [0.1, 0.15) is 32.0 Å². The van der Waals surface area contributed by atoms with Crippen molar-refractivity contribution in [3.63, 3.8) is 0 Å². The highest BCUT2D eigenvalue weighted by Gasteiger charge is 2.43. The molecule has 0 atom stereocenters. The Balaban J connectivity index is 2.48. The van der Waals surface area contributed by atoms with Gasteiger partial charge in [0.05, 0.1) is 12.2 Å². The van der Waals surface area contributed by atoms with Crippen molar-refractivity contribution in [2.75, 3.05) is 18.0 Å². The second kappa shape index (κ2) is 5.48. The van der Waals surface area contributed by atoms with Crippen molar-refractivity contribution < 1.29 is 9.59 Å². The summed E-state index contributed by atoms with van der Waals surface area (Å²) in [5, 5.41) is 10.1. The van der Waals surface area contributed by atoms with Crippen molar-refractivity contribution in [1.82, 2.24) is 20.4 Å². The van der Waals surface area contributed by atoms with E-state index in [9.17, 15) is 9.59 Å². The van der Waals surface area contributed by atoms with E-state index in [0.717, 1.165) is 23.6 Å². The van der Waals surface area contributed by atoms with Crippen LogP contribution in [0.15, 0.2) is 0 Å². The van der Waals surface area contributed by atoms with Crippen molar-refractivity contribution in [1.29, 1.82) is 0 Å². The number of imide groups is 1. The highest BCUT2D eigenvalue weighted by Crippen LogP contribution is 2.30. The molecule has 0 spiro atoms. The molecule has 21 heavy (non-hydrogen) atoms. The molecule has 1 aliphatic heterocycles. The van der Waals surface area contributed by atoms with Crippen LogP contribution in [0.5, 0.6) is 0 Å². The van der Waals surface area contributed by atoms with Crippen molar-refractivity contribution >= 4 is 17.6 Å². The lowest BCUT2D eigenvalue weighted by Crippen LogP contribution is -2.64. The highest BCUT2D eigenvalue weighted by atomic mass is 16.2. The number of carbonyl (C=O) groups is 2. The zero-order valence-electron chi connectivity index (χ0n) is 13.3. The van der Waals surface area contributed by atoms with E-state index in [1.54, 1.807) is 4.68 Å². The molecule has 0 saturated carbocycles. The molecule has 1 fully saturated rings. The summed E-state index contributed by atoms with van der Waals surface area (Å²) in [6, 6.07) is 0.